The van der Waals surface area contributed by atoms with Crippen molar-refractivity contribution in [3.8, 4) is 0 Å². The van der Waals surface area contributed by atoms with Crippen LogP contribution in [0.2, 0.25) is 0 Å². The molecule has 0 aromatic heterocycles. The van der Waals surface area contributed by atoms with Crippen molar-refractivity contribution < 1.29 is 19.4 Å². The van der Waals surface area contributed by atoms with Crippen molar-refractivity contribution in [1.82, 2.24) is 9.80 Å². The van der Waals surface area contributed by atoms with E-state index in [1.807, 2.05) is 11.8 Å². The van der Waals surface area contributed by atoms with Crippen LogP contribution < -0.4 is 0 Å². The first kappa shape index (κ1) is 16.2. The highest BCUT2D eigenvalue weighted by Gasteiger charge is 2.37. The molecule has 0 aliphatic carbocycles. The smallest absolute Gasteiger partial charge is 0.310 e. The third kappa shape index (κ3) is 4.41. The summed E-state index contributed by atoms with van der Waals surface area (Å²) in [5.74, 6) is -0.520. The fourth-order valence-electron chi connectivity index (χ4n) is 3.13. The average Bonchev–Trinajstić information content (AvgIpc) is 2.48. The second kappa shape index (κ2) is 7.22. The molecular formula is C15H26N2O4. The molecule has 0 spiro atoms. The molecule has 6 heteroatoms. The maximum absolute atomic E-state index is 12.0. The Morgan fingerprint density at radius 3 is 2.62 bits per heavy atom. The Morgan fingerprint density at radius 1 is 1.24 bits per heavy atom. The van der Waals surface area contributed by atoms with Crippen LogP contribution in [-0.4, -0.2) is 72.7 Å². The van der Waals surface area contributed by atoms with Crippen LogP contribution in [0, 0.1) is 5.41 Å². The standard InChI is InChI=1S/C15H26N2O4/c1-15(14(19)20)5-3-7-16(12-15)6-2-4-13(18)17-8-10-21-11-9-17/h2-12H2,1H3,(H,19,20). The zero-order chi connectivity index (χ0) is 15.3. The molecule has 0 aromatic rings. The molecule has 2 saturated heterocycles. The number of amides is 1. The first-order chi connectivity index (χ1) is 10.0. The summed E-state index contributed by atoms with van der Waals surface area (Å²) in [6.45, 7) is 6.81. The lowest BCUT2D eigenvalue weighted by Crippen LogP contribution is -2.46. The minimum Gasteiger partial charge on any atom is -0.481 e. The van der Waals surface area contributed by atoms with E-state index in [0.29, 0.717) is 39.3 Å². The molecule has 120 valence electrons. The number of hydrogen-bond acceptors (Lipinski definition) is 4. The minimum absolute atomic E-state index is 0.191. The van der Waals surface area contributed by atoms with Gasteiger partial charge in [0.2, 0.25) is 5.91 Å². The Hall–Kier alpha value is -1.14. The van der Waals surface area contributed by atoms with Gasteiger partial charge in [-0.2, -0.15) is 0 Å². The summed E-state index contributed by atoms with van der Waals surface area (Å²) < 4.78 is 5.24. The van der Waals surface area contributed by atoms with Crippen LogP contribution in [0.1, 0.15) is 32.6 Å². The lowest BCUT2D eigenvalue weighted by atomic mass is 9.82. The quantitative estimate of drug-likeness (QED) is 0.813. The van der Waals surface area contributed by atoms with Crippen molar-refractivity contribution in [2.24, 2.45) is 5.41 Å². The van der Waals surface area contributed by atoms with Gasteiger partial charge in [0.1, 0.15) is 0 Å². The molecule has 2 aliphatic rings. The van der Waals surface area contributed by atoms with Gasteiger partial charge in [-0.3, -0.25) is 9.59 Å². The zero-order valence-electron chi connectivity index (χ0n) is 12.8. The number of nitrogens with zero attached hydrogens (tertiary/aromatic N) is 2. The van der Waals surface area contributed by atoms with Gasteiger partial charge in [0.05, 0.1) is 18.6 Å². The SMILES string of the molecule is CC1(C(=O)O)CCCN(CCCC(=O)N2CCOCC2)C1. The number of carbonyl (C=O) groups is 2. The van der Waals surface area contributed by atoms with Gasteiger partial charge in [-0.15, -0.1) is 0 Å². The van der Waals surface area contributed by atoms with Crippen LogP contribution in [0.15, 0.2) is 0 Å². The van der Waals surface area contributed by atoms with E-state index in [2.05, 4.69) is 4.90 Å². The van der Waals surface area contributed by atoms with Crippen molar-refractivity contribution in [1.29, 1.82) is 0 Å². The highest BCUT2D eigenvalue weighted by atomic mass is 16.5. The van der Waals surface area contributed by atoms with Gasteiger partial charge in [-0.05, 0) is 39.3 Å². The number of carbonyl (C=O) groups excluding carboxylic acids is 1. The summed E-state index contributed by atoms with van der Waals surface area (Å²) in [4.78, 5) is 27.4. The van der Waals surface area contributed by atoms with Crippen LogP contribution in [0.4, 0.5) is 0 Å². The second-order valence-corrected chi connectivity index (χ2v) is 6.34. The van der Waals surface area contributed by atoms with Crippen LogP contribution in [0.25, 0.3) is 0 Å². The Bertz CT molecular complexity index is 382. The molecular weight excluding hydrogens is 272 g/mol. The lowest BCUT2D eigenvalue weighted by Gasteiger charge is -2.37. The highest BCUT2D eigenvalue weighted by Crippen LogP contribution is 2.29. The largest absolute Gasteiger partial charge is 0.481 e. The molecule has 0 radical (unpaired) electrons. The number of hydrogen-bond donors (Lipinski definition) is 1. The van der Waals surface area contributed by atoms with Crippen LogP contribution in [-0.2, 0) is 14.3 Å². The van der Waals surface area contributed by atoms with Gasteiger partial charge in [0, 0.05) is 26.1 Å². The first-order valence-corrected chi connectivity index (χ1v) is 7.82. The van der Waals surface area contributed by atoms with Crippen LogP contribution >= 0.6 is 0 Å². The van der Waals surface area contributed by atoms with Gasteiger partial charge in [-0.25, -0.2) is 0 Å². The number of rotatable bonds is 5. The van der Waals surface area contributed by atoms with E-state index >= 15 is 0 Å². The maximum atomic E-state index is 12.0. The molecule has 0 bridgehead atoms. The molecule has 6 nitrogen and oxygen atoms in total. The molecule has 2 heterocycles. The van der Waals surface area contributed by atoms with Crippen molar-refractivity contribution in [2.75, 3.05) is 45.9 Å². The average molecular weight is 298 g/mol. The molecule has 1 N–H and O–H groups in total. The van der Waals surface area contributed by atoms with Gasteiger partial charge in [0.25, 0.3) is 0 Å². The molecule has 1 amide bonds. The fraction of sp³-hybridized carbons (Fsp3) is 0.867. The summed E-state index contributed by atoms with van der Waals surface area (Å²) >= 11 is 0. The molecule has 1 unspecified atom stereocenters. The van der Waals surface area contributed by atoms with E-state index < -0.39 is 11.4 Å². The maximum Gasteiger partial charge on any atom is 0.310 e. The topological polar surface area (TPSA) is 70.1 Å². The van der Waals surface area contributed by atoms with Gasteiger partial charge < -0.3 is 19.6 Å². The number of carboxylic acids is 1. The van der Waals surface area contributed by atoms with E-state index in [1.165, 1.54) is 0 Å². The Kier molecular flexibility index (Phi) is 5.58. The van der Waals surface area contributed by atoms with Gasteiger partial charge >= 0.3 is 5.97 Å². The number of piperidine rings is 1. The number of carboxylic acid groups (broad SMARTS) is 1. The molecule has 0 saturated carbocycles. The summed E-state index contributed by atoms with van der Waals surface area (Å²) in [5.41, 5.74) is -0.632. The van der Waals surface area contributed by atoms with Gasteiger partial charge in [0.15, 0.2) is 0 Å². The summed E-state index contributed by atoms with van der Waals surface area (Å²) in [7, 11) is 0. The lowest BCUT2D eigenvalue weighted by molar-refractivity contribution is -0.151. The fourth-order valence-corrected chi connectivity index (χ4v) is 3.13. The monoisotopic (exact) mass is 298 g/mol. The minimum atomic E-state index is -0.711. The zero-order valence-corrected chi connectivity index (χ0v) is 12.8. The van der Waals surface area contributed by atoms with Crippen LogP contribution in [0.5, 0.6) is 0 Å². The van der Waals surface area contributed by atoms with Gasteiger partial charge in [-0.1, -0.05) is 0 Å². The van der Waals surface area contributed by atoms with E-state index in [0.717, 1.165) is 32.4 Å². The summed E-state index contributed by atoms with van der Waals surface area (Å²) in [5, 5.41) is 9.30. The third-order valence-corrected chi connectivity index (χ3v) is 4.52. The predicted molar refractivity (Wildman–Crippen MR) is 78.0 cm³/mol. The Balaban J connectivity index is 1.70. The Morgan fingerprint density at radius 2 is 1.95 bits per heavy atom. The second-order valence-electron chi connectivity index (χ2n) is 6.34. The van der Waals surface area contributed by atoms with E-state index in [4.69, 9.17) is 4.74 Å². The van der Waals surface area contributed by atoms with E-state index in [9.17, 15) is 14.7 Å². The molecule has 2 rings (SSSR count). The molecule has 0 aromatic carbocycles. The number of morpholine rings is 1. The summed E-state index contributed by atoms with van der Waals surface area (Å²) in [6, 6.07) is 0. The summed E-state index contributed by atoms with van der Waals surface area (Å²) in [6.07, 6.45) is 3.00. The van der Waals surface area contributed by atoms with Crippen molar-refractivity contribution in [3.63, 3.8) is 0 Å². The molecule has 1 atom stereocenters. The molecule has 2 aliphatic heterocycles. The van der Waals surface area contributed by atoms with E-state index in [1.54, 1.807) is 0 Å². The van der Waals surface area contributed by atoms with Crippen LogP contribution in [0.3, 0.4) is 0 Å². The first-order valence-electron chi connectivity index (χ1n) is 7.82. The third-order valence-electron chi connectivity index (χ3n) is 4.52. The predicted octanol–water partition coefficient (Wildman–Crippen LogP) is 0.812. The number of ether oxygens (including phenoxy) is 1. The Labute approximate surface area is 126 Å². The highest BCUT2D eigenvalue weighted by molar-refractivity contribution is 5.76. The van der Waals surface area contributed by atoms with Crippen molar-refractivity contribution >= 4 is 11.9 Å². The van der Waals surface area contributed by atoms with Crippen molar-refractivity contribution in [2.45, 2.75) is 32.6 Å². The normalized spacial score (nSPS) is 27.6. The molecule has 21 heavy (non-hydrogen) atoms. The number of aliphatic carboxylic acids is 1. The van der Waals surface area contributed by atoms with Crippen molar-refractivity contribution in [3.05, 3.63) is 0 Å². The number of likely N-dealkylation sites (tertiary alicyclic amines) is 1. The van der Waals surface area contributed by atoms with E-state index in [-0.39, 0.29) is 5.91 Å². The molecule has 2 fully saturated rings.